The fourth-order valence-electron chi connectivity index (χ4n) is 3.71. The van der Waals surface area contributed by atoms with Gasteiger partial charge in [-0.3, -0.25) is 24.6 Å². The third kappa shape index (κ3) is 4.53. The van der Waals surface area contributed by atoms with Gasteiger partial charge in [-0.15, -0.1) is 0 Å². The summed E-state index contributed by atoms with van der Waals surface area (Å²) in [6.45, 7) is -6.77. The van der Waals surface area contributed by atoms with Crippen molar-refractivity contribution in [1.82, 2.24) is 15.1 Å². The van der Waals surface area contributed by atoms with E-state index in [0.717, 1.165) is 18.2 Å². The summed E-state index contributed by atoms with van der Waals surface area (Å²) in [4.78, 5) is 39.9. The average molecular weight is 477 g/mol. The molecule has 0 unspecified atom stereocenters. The molecular weight excluding hydrogens is 439 g/mol. The lowest BCUT2D eigenvalue weighted by Crippen LogP contribution is -2.52. The first kappa shape index (κ1) is 13.6. The summed E-state index contributed by atoms with van der Waals surface area (Å²) in [5.74, 6) is -5.35. The molecule has 2 saturated heterocycles. The Morgan fingerprint density at radius 3 is 2.82 bits per heavy atom. The first-order valence-electron chi connectivity index (χ1n) is 15.5. The van der Waals surface area contributed by atoms with Gasteiger partial charge in [-0.25, -0.2) is 4.39 Å². The molecule has 0 aliphatic carbocycles. The highest BCUT2D eigenvalue weighted by Crippen LogP contribution is 2.32. The molecular formula is C25H27FN4O4. The first-order valence-corrected chi connectivity index (χ1v) is 10.5. The topological polar surface area (TPSA) is 91.0 Å². The van der Waals surface area contributed by atoms with Crippen LogP contribution < -0.4 is 10.6 Å². The van der Waals surface area contributed by atoms with E-state index in [1.165, 1.54) is 23.1 Å². The quantitative estimate of drug-likeness (QED) is 0.620. The molecule has 3 aliphatic rings. The molecule has 0 bridgehead atoms. The van der Waals surface area contributed by atoms with E-state index in [0.29, 0.717) is 13.2 Å². The fourth-order valence-corrected chi connectivity index (χ4v) is 3.71. The number of nitrogens with one attached hydrogen (secondary N) is 2. The number of anilines is 1. The molecule has 0 radical (unpaired) electrons. The largest absolute Gasteiger partial charge is 0.381 e. The second-order valence-electron chi connectivity index (χ2n) is 7.66. The van der Waals surface area contributed by atoms with E-state index in [2.05, 4.69) is 5.32 Å². The van der Waals surface area contributed by atoms with Crippen LogP contribution in [0.3, 0.4) is 0 Å². The number of carbonyl (C=O) groups excluding carboxylic acids is 3. The Kier molecular flexibility index (Phi) is 3.79. The van der Waals surface area contributed by atoms with E-state index in [1.807, 2.05) is 0 Å². The number of hydrogen-bond donors (Lipinski definition) is 2. The van der Waals surface area contributed by atoms with Gasteiger partial charge in [0.15, 0.2) is 0 Å². The zero-order chi connectivity index (χ0) is 32.6. The van der Waals surface area contributed by atoms with Crippen LogP contribution in [-0.4, -0.2) is 59.9 Å². The monoisotopic (exact) mass is 476 g/mol. The number of fused-ring (bicyclic) bond motifs is 1. The first-order chi connectivity index (χ1) is 20.3. The summed E-state index contributed by atoms with van der Waals surface area (Å²) in [6.07, 6.45) is -6.69. The predicted molar refractivity (Wildman–Crippen MR) is 122 cm³/mol. The van der Waals surface area contributed by atoms with Gasteiger partial charge in [0.25, 0.3) is 5.91 Å². The number of amides is 3. The molecule has 34 heavy (non-hydrogen) atoms. The second-order valence-corrected chi connectivity index (χ2v) is 7.66. The minimum atomic E-state index is -3.36. The van der Waals surface area contributed by atoms with Crippen LogP contribution in [0.1, 0.15) is 53.5 Å². The Bertz CT molecular complexity index is 1550. The van der Waals surface area contributed by atoms with Gasteiger partial charge in [0.05, 0.1) is 18.7 Å². The lowest BCUT2D eigenvalue weighted by Gasteiger charge is -2.29. The van der Waals surface area contributed by atoms with E-state index in [4.69, 9.17) is 18.4 Å². The zero-order valence-electron chi connectivity index (χ0n) is 27.8. The van der Waals surface area contributed by atoms with E-state index in [1.54, 1.807) is 5.32 Å². The third-order valence-electron chi connectivity index (χ3n) is 5.41. The Morgan fingerprint density at radius 1 is 1.21 bits per heavy atom. The van der Waals surface area contributed by atoms with E-state index in [-0.39, 0.29) is 29.2 Å². The van der Waals surface area contributed by atoms with Crippen molar-refractivity contribution in [3.63, 3.8) is 0 Å². The van der Waals surface area contributed by atoms with Gasteiger partial charge < -0.3 is 15.0 Å². The Morgan fingerprint density at radius 2 is 2.03 bits per heavy atom. The van der Waals surface area contributed by atoms with Crippen LogP contribution >= 0.6 is 0 Å². The van der Waals surface area contributed by atoms with Crippen molar-refractivity contribution in [3.05, 3.63) is 64.5 Å². The summed E-state index contributed by atoms with van der Waals surface area (Å²) in [6, 6.07) is 4.30. The number of piperidine rings is 1. The number of benzene rings is 2. The zero-order valence-corrected chi connectivity index (χ0v) is 17.8. The van der Waals surface area contributed by atoms with Crippen LogP contribution in [0.4, 0.5) is 10.1 Å². The molecule has 2 aromatic carbocycles. The molecule has 2 aromatic rings. The lowest BCUT2D eigenvalue weighted by atomic mass is 10.0. The Hall–Kier alpha value is -3.30. The van der Waals surface area contributed by atoms with Crippen molar-refractivity contribution in [2.24, 2.45) is 0 Å². The van der Waals surface area contributed by atoms with Crippen LogP contribution in [0.15, 0.2) is 36.4 Å². The van der Waals surface area contributed by atoms with Gasteiger partial charge in [-0.2, -0.15) is 0 Å². The number of rotatable bonds is 6. The highest BCUT2D eigenvalue weighted by molar-refractivity contribution is 6.06. The summed E-state index contributed by atoms with van der Waals surface area (Å²) < 4.78 is 105. The molecule has 2 N–H and O–H groups in total. The van der Waals surface area contributed by atoms with E-state index in [9.17, 15) is 14.4 Å². The second kappa shape index (κ2) is 9.52. The van der Waals surface area contributed by atoms with Gasteiger partial charge in [0, 0.05) is 69.6 Å². The fraction of sp³-hybridized carbons (Fsp3) is 0.400. The number of hydrogen-bond acceptors (Lipinski definition) is 6. The number of morpholine rings is 1. The molecule has 0 spiro atoms. The summed E-state index contributed by atoms with van der Waals surface area (Å²) >= 11 is 0. The molecule has 3 aliphatic heterocycles. The molecule has 0 saturated carbocycles. The summed E-state index contributed by atoms with van der Waals surface area (Å²) in [5.41, 5.74) is -1.89. The summed E-state index contributed by atoms with van der Waals surface area (Å²) in [7, 11) is 0. The highest BCUT2D eigenvalue weighted by atomic mass is 19.1. The van der Waals surface area contributed by atoms with Crippen molar-refractivity contribution >= 4 is 23.4 Å². The van der Waals surface area contributed by atoms with Crippen molar-refractivity contribution in [3.8, 4) is 0 Å². The summed E-state index contributed by atoms with van der Waals surface area (Å²) in [5, 5.41) is 4.03. The van der Waals surface area contributed by atoms with Gasteiger partial charge in [-0.05, 0) is 30.1 Å². The van der Waals surface area contributed by atoms with Gasteiger partial charge in [0.1, 0.15) is 11.9 Å². The van der Waals surface area contributed by atoms with Crippen molar-refractivity contribution < 1.29 is 37.2 Å². The maximum Gasteiger partial charge on any atom is 0.255 e. The molecule has 0 aromatic heterocycles. The minimum absolute atomic E-state index is 0.0620. The number of ether oxygens (including phenoxy) is 1. The molecule has 5 rings (SSSR count). The van der Waals surface area contributed by atoms with Gasteiger partial charge in [0.2, 0.25) is 11.8 Å². The highest BCUT2D eigenvalue weighted by Gasteiger charge is 2.39. The number of carbonyl (C=O) groups is 3. The van der Waals surface area contributed by atoms with Gasteiger partial charge in [-0.1, -0.05) is 18.2 Å². The van der Waals surface area contributed by atoms with E-state index >= 15 is 4.39 Å². The normalized spacial score (nSPS) is 30.6. The molecule has 3 heterocycles. The van der Waals surface area contributed by atoms with Crippen LogP contribution in [0.25, 0.3) is 0 Å². The van der Waals surface area contributed by atoms with Crippen LogP contribution in [-0.2, 0) is 33.8 Å². The van der Waals surface area contributed by atoms with Gasteiger partial charge >= 0.3 is 0 Å². The standard InChI is InChI=1S/C25H27FN4O4/c26-20-12-16(14-29-8-10-34-11-9-29)4-5-17(20)13-27-21-3-1-2-18-19(21)15-30(25(18)33)22-6-7-23(31)28-24(22)32/h1-5,12,22,27H,6-11,13-15H2,(H,28,31,32)/t22-/m1/s1/i6D2,7D2,13D2,14D2,15D2. The van der Waals surface area contributed by atoms with Crippen molar-refractivity contribution in [2.45, 2.75) is 38.3 Å². The molecule has 3 amide bonds. The number of nitrogens with zero attached hydrogens (tertiary/aromatic N) is 2. The molecule has 8 nitrogen and oxygen atoms in total. The van der Waals surface area contributed by atoms with Crippen LogP contribution in [0, 0.1) is 5.82 Å². The molecule has 178 valence electrons. The maximum atomic E-state index is 15.4. The Balaban J connectivity index is 1.49. The Labute approximate surface area is 211 Å². The molecule has 1 atom stereocenters. The van der Waals surface area contributed by atoms with E-state index < -0.39 is 78.5 Å². The third-order valence-corrected chi connectivity index (χ3v) is 5.41. The molecule has 2 fully saturated rings. The molecule has 9 heteroatoms. The lowest BCUT2D eigenvalue weighted by molar-refractivity contribution is -0.136. The van der Waals surface area contributed by atoms with Crippen LogP contribution in [0.2, 0.25) is 0 Å². The SMILES string of the molecule is [2H]C([2H])(Nc1cccc2c1C([2H])([2H])N([C@H]1C(=O)NC(=O)C([2H])([2H])C1([2H])[2H])C2=O)c1ccc(C([2H])([2H])N2CCOCC2)cc1F. The smallest absolute Gasteiger partial charge is 0.255 e. The average Bonchev–Trinajstić information content (AvgIpc) is 3.13. The predicted octanol–water partition coefficient (Wildman–Crippen LogP) is 2.03. The number of imide groups is 1. The van der Waals surface area contributed by atoms with Crippen molar-refractivity contribution in [1.29, 1.82) is 0 Å². The minimum Gasteiger partial charge on any atom is -0.381 e. The number of halogens is 1. The van der Waals surface area contributed by atoms with Crippen LogP contribution in [0.5, 0.6) is 0 Å². The van der Waals surface area contributed by atoms with Crippen molar-refractivity contribution in [2.75, 3.05) is 31.6 Å². The maximum absolute atomic E-state index is 15.4.